The van der Waals surface area contributed by atoms with Crippen LogP contribution in [0.3, 0.4) is 0 Å². The van der Waals surface area contributed by atoms with E-state index in [0.29, 0.717) is 17.2 Å². The van der Waals surface area contributed by atoms with Gasteiger partial charge in [0.2, 0.25) is 0 Å². The fourth-order valence-corrected chi connectivity index (χ4v) is 0.969. The lowest BCUT2D eigenvalue weighted by atomic mass is 10.3. The molecule has 0 aromatic heterocycles. The largest absolute Gasteiger partial charge is 0.385 e. The van der Waals surface area contributed by atoms with Crippen LogP contribution in [0.2, 0.25) is 0 Å². The predicted molar refractivity (Wildman–Crippen MR) is 55.7 cm³/mol. The molecule has 0 aliphatic carbocycles. The minimum absolute atomic E-state index is 0.290. The molecule has 0 fully saturated rings. The van der Waals surface area contributed by atoms with Gasteiger partial charge in [-0.2, -0.15) is 0 Å². The Hall–Kier alpha value is -1.84. The first kappa shape index (κ1) is 10.2. The summed E-state index contributed by atoms with van der Waals surface area (Å²) < 4.78 is 12.5. The first-order valence-electron chi connectivity index (χ1n) is 4.13. The van der Waals surface area contributed by atoms with Crippen LogP contribution in [0.25, 0.3) is 0 Å². The molecule has 0 heterocycles. The molecule has 3 nitrogen and oxygen atoms in total. The second-order valence-electron chi connectivity index (χ2n) is 2.91. The smallest absolute Gasteiger partial charge is 0.123 e. The summed E-state index contributed by atoms with van der Waals surface area (Å²) in [5, 5.41) is 10.0. The number of hydrogen-bond acceptors (Lipinski definition) is 3. The molecule has 4 N–H and O–H groups in total. The Morgan fingerprint density at radius 2 is 2.00 bits per heavy atom. The van der Waals surface area contributed by atoms with E-state index in [4.69, 9.17) is 11.1 Å². The average molecular weight is 193 g/mol. The topological polar surface area (TPSA) is 61.9 Å². The minimum Gasteiger partial charge on any atom is -0.385 e. The molecule has 14 heavy (non-hydrogen) atoms. The zero-order valence-electron chi connectivity index (χ0n) is 7.84. The van der Waals surface area contributed by atoms with Crippen LogP contribution in [-0.4, -0.2) is 5.71 Å². The average Bonchev–Trinajstić information content (AvgIpc) is 2.07. The van der Waals surface area contributed by atoms with Crippen LogP contribution >= 0.6 is 0 Å². The van der Waals surface area contributed by atoms with E-state index in [1.807, 2.05) is 0 Å². The third-order valence-electron chi connectivity index (χ3n) is 1.50. The Kier molecular flexibility index (Phi) is 3.23. The molecule has 1 rings (SSSR count). The molecule has 0 atom stereocenters. The van der Waals surface area contributed by atoms with Crippen molar-refractivity contribution in [2.45, 2.75) is 6.92 Å². The highest BCUT2D eigenvalue weighted by molar-refractivity contribution is 5.90. The van der Waals surface area contributed by atoms with Crippen LogP contribution in [-0.2, 0) is 0 Å². The minimum atomic E-state index is -0.290. The standard InChI is InChI=1S/C10H12FN3/c1-7(12)6-10(13)14-9-4-2-8(11)3-5-9/h2-6,12,14H,13H2,1H3/b10-6-,12-7?. The van der Waals surface area contributed by atoms with Gasteiger partial charge in [0.25, 0.3) is 0 Å². The molecular weight excluding hydrogens is 181 g/mol. The molecule has 0 saturated carbocycles. The Balaban J connectivity index is 2.69. The number of rotatable bonds is 3. The summed E-state index contributed by atoms with van der Waals surface area (Å²) in [6, 6.07) is 5.84. The van der Waals surface area contributed by atoms with E-state index >= 15 is 0 Å². The lowest BCUT2D eigenvalue weighted by molar-refractivity contribution is 0.628. The number of nitrogens with two attached hydrogens (primary N) is 1. The van der Waals surface area contributed by atoms with Crippen LogP contribution in [0, 0.1) is 11.2 Å². The SMILES string of the molecule is CC(=N)/C=C(/N)Nc1ccc(F)cc1. The molecule has 74 valence electrons. The van der Waals surface area contributed by atoms with Crippen LogP contribution in [0.5, 0.6) is 0 Å². The van der Waals surface area contributed by atoms with Gasteiger partial charge in [-0.25, -0.2) is 4.39 Å². The van der Waals surface area contributed by atoms with Crippen molar-refractivity contribution in [3.63, 3.8) is 0 Å². The lowest BCUT2D eigenvalue weighted by Crippen LogP contribution is -2.10. The van der Waals surface area contributed by atoms with Gasteiger partial charge in [-0.1, -0.05) is 0 Å². The third-order valence-corrected chi connectivity index (χ3v) is 1.50. The van der Waals surface area contributed by atoms with Crippen LogP contribution in [0.15, 0.2) is 36.2 Å². The summed E-state index contributed by atoms with van der Waals surface area (Å²) in [4.78, 5) is 0. The van der Waals surface area contributed by atoms with E-state index in [1.54, 1.807) is 19.1 Å². The first-order chi connectivity index (χ1) is 6.58. The van der Waals surface area contributed by atoms with Crippen LogP contribution in [0.4, 0.5) is 10.1 Å². The van der Waals surface area contributed by atoms with Crippen molar-refractivity contribution >= 4 is 11.4 Å². The van der Waals surface area contributed by atoms with Gasteiger partial charge in [0.05, 0.1) is 0 Å². The van der Waals surface area contributed by atoms with E-state index in [1.165, 1.54) is 18.2 Å². The van der Waals surface area contributed by atoms with E-state index in [-0.39, 0.29) is 5.82 Å². The fraction of sp³-hybridized carbons (Fsp3) is 0.100. The fourth-order valence-electron chi connectivity index (χ4n) is 0.969. The summed E-state index contributed by atoms with van der Waals surface area (Å²) in [6.45, 7) is 1.62. The molecule has 1 aromatic rings. The maximum atomic E-state index is 12.5. The summed E-state index contributed by atoms with van der Waals surface area (Å²) in [5.41, 5.74) is 6.61. The number of nitrogens with one attached hydrogen (secondary N) is 2. The van der Waals surface area contributed by atoms with Gasteiger partial charge in [-0.3, -0.25) is 0 Å². The highest BCUT2D eigenvalue weighted by Gasteiger charge is 1.94. The Morgan fingerprint density at radius 1 is 1.43 bits per heavy atom. The van der Waals surface area contributed by atoms with E-state index < -0.39 is 0 Å². The van der Waals surface area contributed by atoms with Crippen molar-refractivity contribution in [3.05, 3.63) is 42.0 Å². The summed E-state index contributed by atoms with van der Waals surface area (Å²) in [7, 11) is 0. The summed E-state index contributed by atoms with van der Waals surface area (Å²) >= 11 is 0. The van der Waals surface area contributed by atoms with Crippen molar-refractivity contribution in [2.24, 2.45) is 5.73 Å². The lowest BCUT2D eigenvalue weighted by Gasteiger charge is -2.05. The van der Waals surface area contributed by atoms with Crippen molar-refractivity contribution in [1.82, 2.24) is 0 Å². The van der Waals surface area contributed by atoms with Gasteiger partial charge in [0.15, 0.2) is 0 Å². The summed E-state index contributed by atoms with van der Waals surface area (Å²) in [5.74, 6) is 0.0745. The van der Waals surface area contributed by atoms with Crippen molar-refractivity contribution < 1.29 is 4.39 Å². The Bertz CT molecular complexity index is 354. The molecule has 0 unspecified atom stereocenters. The molecule has 0 bridgehead atoms. The molecule has 0 aliphatic rings. The first-order valence-corrected chi connectivity index (χ1v) is 4.13. The van der Waals surface area contributed by atoms with Gasteiger partial charge in [0, 0.05) is 11.4 Å². The molecule has 0 amide bonds. The number of hydrogen-bond donors (Lipinski definition) is 3. The van der Waals surface area contributed by atoms with E-state index in [2.05, 4.69) is 5.32 Å². The molecule has 0 radical (unpaired) electrons. The molecule has 0 spiro atoms. The Labute approximate surface area is 81.9 Å². The second-order valence-corrected chi connectivity index (χ2v) is 2.91. The molecule has 0 aliphatic heterocycles. The zero-order valence-corrected chi connectivity index (χ0v) is 7.84. The number of halogens is 1. The van der Waals surface area contributed by atoms with Crippen molar-refractivity contribution in [2.75, 3.05) is 5.32 Å². The number of anilines is 1. The van der Waals surface area contributed by atoms with E-state index in [0.717, 1.165) is 0 Å². The van der Waals surface area contributed by atoms with Gasteiger partial charge in [-0.15, -0.1) is 0 Å². The van der Waals surface area contributed by atoms with Crippen molar-refractivity contribution in [3.8, 4) is 0 Å². The third kappa shape index (κ3) is 3.26. The normalized spacial score (nSPS) is 11.1. The zero-order chi connectivity index (χ0) is 10.6. The predicted octanol–water partition coefficient (Wildman–Crippen LogP) is 2.08. The number of allylic oxidation sites excluding steroid dienone is 1. The maximum absolute atomic E-state index is 12.5. The number of benzene rings is 1. The highest BCUT2D eigenvalue weighted by atomic mass is 19.1. The van der Waals surface area contributed by atoms with Gasteiger partial charge >= 0.3 is 0 Å². The second kappa shape index (κ2) is 4.41. The van der Waals surface area contributed by atoms with Gasteiger partial charge in [-0.05, 0) is 37.3 Å². The molecular formula is C10H12FN3. The molecule has 1 aromatic carbocycles. The Morgan fingerprint density at radius 3 is 2.50 bits per heavy atom. The van der Waals surface area contributed by atoms with Crippen LogP contribution < -0.4 is 11.1 Å². The summed E-state index contributed by atoms with van der Waals surface area (Å²) in [6.07, 6.45) is 1.49. The highest BCUT2D eigenvalue weighted by Crippen LogP contribution is 2.09. The van der Waals surface area contributed by atoms with Crippen LogP contribution in [0.1, 0.15) is 6.92 Å². The molecule has 0 saturated heterocycles. The van der Waals surface area contributed by atoms with E-state index in [9.17, 15) is 4.39 Å². The quantitative estimate of drug-likeness (QED) is 0.643. The maximum Gasteiger partial charge on any atom is 0.123 e. The monoisotopic (exact) mass is 193 g/mol. The van der Waals surface area contributed by atoms with Crippen molar-refractivity contribution in [1.29, 1.82) is 5.41 Å². The van der Waals surface area contributed by atoms with Gasteiger partial charge < -0.3 is 16.5 Å². The van der Waals surface area contributed by atoms with Gasteiger partial charge in [0.1, 0.15) is 11.6 Å². The molecule has 4 heteroatoms.